The molecule has 0 saturated carbocycles. The summed E-state index contributed by atoms with van der Waals surface area (Å²) in [5, 5.41) is 7.22. The van der Waals surface area contributed by atoms with Crippen molar-refractivity contribution in [2.24, 2.45) is 0 Å². The van der Waals surface area contributed by atoms with Gasteiger partial charge in [-0.3, -0.25) is 0 Å². The average molecular weight is 1130 g/mol. The summed E-state index contributed by atoms with van der Waals surface area (Å²) in [6.07, 6.45) is 0.785. The normalized spacial score (nSPS) is 13.9. The molecular weight excluding hydrogens is 1090 g/mol. The van der Waals surface area contributed by atoms with Gasteiger partial charge in [0, 0.05) is 77.4 Å². The quantitative estimate of drug-likeness (QED) is 0.143. The zero-order valence-electron chi connectivity index (χ0n) is 44.5. The van der Waals surface area contributed by atoms with Crippen molar-refractivity contribution < 1.29 is 0 Å². The fourth-order valence-electron chi connectivity index (χ4n) is 12.7. The van der Waals surface area contributed by atoms with Crippen LogP contribution in [0.4, 0.5) is 0 Å². The van der Waals surface area contributed by atoms with Crippen molar-refractivity contribution in [1.29, 1.82) is 0 Å². The molecular formula is C73H44N6S4. The molecule has 83 heavy (non-hydrogen) atoms. The van der Waals surface area contributed by atoms with Gasteiger partial charge >= 0.3 is 0 Å². The van der Waals surface area contributed by atoms with Gasteiger partial charge in [-0.15, -0.1) is 45.3 Å². The minimum Gasteiger partial charge on any atom is -0.208 e. The van der Waals surface area contributed by atoms with E-state index < -0.39 is 0 Å². The van der Waals surface area contributed by atoms with Crippen LogP contribution in [0.1, 0.15) is 23.6 Å². The van der Waals surface area contributed by atoms with Crippen LogP contribution in [-0.4, -0.2) is 29.9 Å². The summed E-state index contributed by atoms with van der Waals surface area (Å²) in [6.45, 7) is 2.42. The standard InChI is InChI=1S/C73H44N6S4/c1-73(41-42-36-37-61-55(38-42)49-27-16-30-54(66(49)83-61)69-74-67(50-24-8-7-22-46(50)43-18-3-2-4-19-43)76-71(78-69)62-39-44-20-5-12-33-58(44)80-62)56-31-11-9-25-51(56)64-52(28-17-32-57(64)73)68-75-70(79-72(77-68)63-40-45-21-6-13-34-59(45)81-63)53-29-15-26-48-47-23-10-14-35-60(47)82-65(48)53/h2-40H,41H2,1H3. The van der Waals surface area contributed by atoms with E-state index in [0.29, 0.717) is 34.9 Å². The molecule has 6 aromatic heterocycles. The molecule has 10 heteroatoms. The molecule has 0 bridgehead atoms. The van der Waals surface area contributed by atoms with Gasteiger partial charge in [-0.1, -0.05) is 189 Å². The van der Waals surface area contributed by atoms with Crippen LogP contribution in [0, 0.1) is 0 Å². The Kier molecular flexibility index (Phi) is 11.1. The lowest BCUT2D eigenvalue weighted by atomic mass is 9.75. The van der Waals surface area contributed by atoms with Gasteiger partial charge in [0.15, 0.2) is 34.9 Å². The second-order valence-electron chi connectivity index (χ2n) is 21.5. The van der Waals surface area contributed by atoms with Crippen LogP contribution in [0.15, 0.2) is 237 Å². The maximum absolute atomic E-state index is 5.49. The van der Waals surface area contributed by atoms with Gasteiger partial charge < -0.3 is 0 Å². The topological polar surface area (TPSA) is 77.3 Å². The summed E-state index contributed by atoms with van der Waals surface area (Å²) in [7, 11) is 0. The summed E-state index contributed by atoms with van der Waals surface area (Å²) < 4.78 is 7.19. The van der Waals surface area contributed by atoms with Gasteiger partial charge in [-0.25, -0.2) is 29.9 Å². The third-order valence-corrected chi connectivity index (χ3v) is 21.2. The van der Waals surface area contributed by atoms with E-state index in [-0.39, 0.29) is 5.41 Å². The number of hydrogen-bond donors (Lipinski definition) is 0. The zero-order valence-corrected chi connectivity index (χ0v) is 47.8. The summed E-state index contributed by atoms with van der Waals surface area (Å²) in [5.74, 6) is 3.99. The summed E-state index contributed by atoms with van der Waals surface area (Å²) in [4.78, 5) is 34.3. The number of fused-ring (bicyclic) bond motifs is 11. The first-order chi connectivity index (χ1) is 41.0. The average Bonchev–Trinajstić information content (AvgIpc) is 3.93. The van der Waals surface area contributed by atoms with Crippen LogP contribution in [0.2, 0.25) is 0 Å². The Labute approximate surface area is 493 Å². The predicted octanol–water partition coefficient (Wildman–Crippen LogP) is 20.4. The second kappa shape index (κ2) is 19.1. The van der Waals surface area contributed by atoms with Gasteiger partial charge in [-0.05, 0) is 111 Å². The third kappa shape index (κ3) is 7.93. The van der Waals surface area contributed by atoms with E-state index >= 15 is 0 Å². The van der Waals surface area contributed by atoms with Crippen LogP contribution in [-0.2, 0) is 11.8 Å². The molecule has 16 aromatic rings. The maximum atomic E-state index is 5.49. The molecule has 1 aliphatic rings. The van der Waals surface area contributed by atoms with E-state index in [1.807, 2.05) is 0 Å². The first-order valence-corrected chi connectivity index (χ1v) is 31.0. The van der Waals surface area contributed by atoms with E-state index in [0.717, 1.165) is 54.3 Å². The molecule has 0 spiro atoms. The van der Waals surface area contributed by atoms with Crippen molar-refractivity contribution in [3.05, 3.63) is 253 Å². The lowest BCUT2D eigenvalue weighted by Gasteiger charge is -2.28. The van der Waals surface area contributed by atoms with E-state index in [1.165, 1.54) is 83.6 Å². The first-order valence-electron chi connectivity index (χ1n) is 27.7. The zero-order chi connectivity index (χ0) is 54.8. The molecule has 6 nitrogen and oxygen atoms in total. The van der Waals surface area contributed by atoms with E-state index in [4.69, 9.17) is 29.9 Å². The molecule has 0 amide bonds. The maximum Gasteiger partial charge on any atom is 0.174 e. The van der Waals surface area contributed by atoms with Crippen LogP contribution in [0.5, 0.6) is 0 Å². The van der Waals surface area contributed by atoms with Crippen molar-refractivity contribution in [3.63, 3.8) is 0 Å². The Balaban J connectivity index is 0.787. The van der Waals surface area contributed by atoms with Gasteiger partial charge in [0.25, 0.3) is 0 Å². The molecule has 1 unspecified atom stereocenters. The molecule has 0 saturated heterocycles. The number of benzene rings is 10. The molecule has 0 radical (unpaired) electrons. The lowest BCUT2D eigenvalue weighted by Crippen LogP contribution is -2.24. The lowest BCUT2D eigenvalue weighted by molar-refractivity contribution is 0.583. The molecule has 0 N–H and O–H groups in total. The molecule has 1 atom stereocenters. The Morgan fingerprint density at radius 3 is 1.43 bits per heavy atom. The number of hydrogen-bond acceptors (Lipinski definition) is 10. The first kappa shape index (κ1) is 48.3. The summed E-state index contributed by atoms with van der Waals surface area (Å²) in [6, 6.07) is 84.9. The van der Waals surface area contributed by atoms with Crippen molar-refractivity contribution in [2.75, 3.05) is 0 Å². The highest BCUT2D eigenvalue weighted by atomic mass is 32.1. The van der Waals surface area contributed by atoms with Gasteiger partial charge in [0.05, 0.1) is 9.75 Å². The van der Waals surface area contributed by atoms with Crippen molar-refractivity contribution in [3.8, 4) is 89.2 Å². The van der Waals surface area contributed by atoms with Crippen molar-refractivity contribution >= 4 is 106 Å². The summed E-state index contributed by atoms with van der Waals surface area (Å²) in [5.41, 5.74) is 12.0. The minimum absolute atomic E-state index is 0.375. The van der Waals surface area contributed by atoms with Crippen LogP contribution < -0.4 is 0 Å². The minimum atomic E-state index is -0.375. The van der Waals surface area contributed by atoms with Crippen LogP contribution in [0.25, 0.3) is 150 Å². The molecule has 390 valence electrons. The number of nitrogens with zero attached hydrogens (tertiary/aromatic N) is 6. The Morgan fingerprint density at radius 1 is 0.313 bits per heavy atom. The van der Waals surface area contributed by atoms with E-state index in [9.17, 15) is 0 Å². The smallest absolute Gasteiger partial charge is 0.174 e. The molecule has 0 aliphatic heterocycles. The van der Waals surface area contributed by atoms with Crippen molar-refractivity contribution in [1.82, 2.24) is 29.9 Å². The number of aromatic nitrogens is 6. The highest BCUT2D eigenvalue weighted by molar-refractivity contribution is 7.27. The highest BCUT2D eigenvalue weighted by Gasteiger charge is 2.41. The molecule has 10 aromatic carbocycles. The fraction of sp³-hybridized carbons (Fsp3) is 0.0411. The predicted molar refractivity (Wildman–Crippen MR) is 350 cm³/mol. The molecule has 1 aliphatic carbocycles. The van der Waals surface area contributed by atoms with E-state index in [1.54, 1.807) is 45.3 Å². The SMILES string of the molecule is CC1(Cc2ccc3sc4c(-c5nc(-c6cc7ccccc7s6)nc(-c6ccccc6-c6ccccc6)n5)cccc4c3c2)c2ccccc2-c2c(-c3nc(-c4cc5ccccc5s4)nc(-c4cccc5c4sc4ccccc45)n3)cccc21. The second-order valence-corrected chi connectivity index (χ2v) is 25.8. The fourth-order valence-corrected chi connectivity index (χ4v) is 17.1. The van der Waals surface area contributed by atoms with Gasteiger partial charge in [0.1, 0.15) is 0 Å². The monoisotopic (exact) mass is 1130 g/mol. The Bertz CT molecular complexity index is 5240. The Morgan fingerprint density at radius 2 is 0.771 bits per heavy atom. The van der Waals surface area contributed by atoms with Crippen molar-refractivity contribution in [2.45, 2.75) is 18.8 Å². The van der Waals surface area contributed by atoms with Crippen LogP contribution >= 0.6 is 45.3 Å². The van der Waals surface area contributed by atoms with Gasteiger partial charge in [-0.2, -0.15) is 0 Å². The highest BCUT2D eigenvalue weighted by Crippen LogP contribution is 2.54. The summed E-state index contributed by atoms with van der Waals surface area (Å²) >= 11 is 7.04. The van der Waals surface area contributed by atoms with E-state index in [2.05, 4.69) is 244 Å². The number of rotatable bonds is 9. The molecule has 6 heterocycles. The molecule has 17 rings (SSSR count). The molecule has 0 fully saturated rings. The third-order valence-electron chi connectivity index (χ3n) is 16.5. The largest absolute Gasteiger partial charge is 0.208 e. The number of thiophene rings is 4. The Hall–Kier alpha value is -9.42. The van der Waals surface area contributed by atoms with Crippen LogP contribution in [0.3, 0.4) is 0 Å². The van der Waals surface area contributed by atoms with Gasteiger partial charge in [0.2, 0.25) is 0 Å².